The molecule has 10 heteroatoms. The quantitative estimate of drug-likeness (QED) is 0.281. The van der Waals surface area contributed by atoms with Crippen LogP contribution in [0.25, 0.3) is 0 Å². The van der Waals surface area contributed by atoms with Crippen LogP contribution in [0.4, 0.5) is 10.5 Å². The summed E-state index contributed by atoms with van der Waals surface area (Å²) in [5.41, 5.74) is 2.29. The molecule has 1 aliphatic heterocycles. The fourth-order valence-electron chi connectivity index (χ4n) is 4.18. The van der Waals surface area contributed by atoms with Crippen molar-refractivity contribution in [2.75, 3.05) is 32.1 Å². The average Bonchev–Trinajstić information content (AvgIpc) is 3.08. The monoisotopic (exact) mass is 582 g/mol. The minimum atomic E-state index is -1.10. The van der Waals surface area contributed by atoms with Gasteiger partial charge in [-0.1, -0.05) is 61.0 Å². The van der Waals surface area contributed by atoms with E-state index in [9.17, 15) is 14.4 Å². The summed E-state index contributed by atoms with van der Waals surface area (Å²) in [6.07, 6.45) is -1.49. The molecule has 0 bridgehead atoms. The zero-order valence-corrected chi connectivity index (χ0v) is 24.1. The molecule has 0 aliphatic carbocycles. The summed E-state index contributed by atoms with van der Waals surface area (Å²) in [6.45, 7) is 2.17. The molecule has 4 rings (SSSR count). The van der Waals surface area contributed by atoms with Crippen LogP contribution >= 0.6 is 23.4 Å². The van der Waals surface area contributed by atoms with E-state index < -0.39 is 23.4 Å². The number of benzene rings is 3. The molecular formula is C30H31ClN2O6S. The molecule has 0 spiro atoms. The molecule has 2 atom stereocenters. The zero-order chi connectivity index (χ0) is 28.6. The number of esters is 1. The maximum absolute atomic E-state index is 14.1. The lowest BCUT2D eigenvalue weighted by molar-refractivity contribution is -0.154. The minimum absolute atomic E-state index is 0.124. The van der Waals surface area contributed by atoms with Crippen molar-refractivity contribution in [2.45, 2.75) is 36.2 Å². The van der Waals surface area contributed by atoms with Gasteiger partial charge in [0.05, 0.1) is 18.0 Å². The first-order valence-corrected chi connectivity index (χ1v) is 14.1. The predicted molar refractivity (Wildman–Crippen MR) is 155 cm³/mol. The number of rotatable bonds is 9. The van der Waals surface area contributed by atoms with Crippen LogP contribution in [-0.4, -0.2) is 56.2 Å². The highest BCUT2D eigenvalue weighted by atomic mass is 35.5. The number of hydrogen-bond acceptors (Lipinski definition) is 7. The highest BCUT2D eigenvalue weighted by Crippen LogP contribution is 2.47. The Bertz CT molecular complexity index is 1340. The van der Waals surface area contributed by atoms with Gasteiger partial charge in [-0.2, -0.15) is 0 Å². The molecule has 3 aromatic rings. The summed E-state index contributed by atoms with van der Waals surface area (Å²) in [5, 5.41) is -0.0255. The zero-order valence-electron chi connectivity index (χ0n) is 22.5. The van der Waals surface area contributed by atoms with E-state index in [1.807, 2.05) is 42.5 Å². The number of methoxy groups -OCH3 is 1. The van der Waals surface area contributed by atoms with Crippen molar-refractivity contribution in [1.29, 1.82) is 0 Å². The van der Waals surface area contributed by atoms with Crippen LogP contribution in [0.15, 0.2) is 77.7 Å². The van der Waals surface area contributed by atoms with Gasteiger partial charge in [-0.25, -0.2) is 4.79 Å². The lowest BCUT2D eigenvalue weighted by atomic mass is 10.1. The fourth-order valence-corrected chi connectivity index (χ4v) is 5.77. The van der Waals surface area contributed by atoms with Crippen LogP contribution in [0.1, 0.15) is 29.7 Å². The summed E-state index contributed by atoms with van der Waals surface area (Å²) >= 11 is 7.76. The highest BCUT2D eigenvalue weighted by Gasteiger charge is 2.41. The third-order valence-corrected chi connectivity index (χ3v) is 8.01. The third kappa shape index (κ3) is 7.08. The van der Waals surface area contributed by atoms with Gasteiger partial charge in [0.25, 0.3) is 5.91 Å². The number of ether oxygens (including phenoxy) is 3. The van der Waals surface area contributed by atoms with Crippen LogP contribution in [0.3, 0.4) is 0 Å². The normalized spacial score (nSPS) is 16.5. The van der Waals surface area contributed by atoms with Crippen molar-refractivity contribution >= 4 is 47.0 Å². The van der Waals surface area contributed by atoms with Crippen LogP contribution in [0, 0.1) is 0 Å². The van der Waals surface area contributed by atoms with Crippen molar-refractivity contribution in [1.82, 2.24) is 4.90 Å². The number of amides is 2. The van der Waals surface area contributed by atoms with Crippen LogP contribution < -0.4 is 9.64 Å². The number of thioether (sulfide) groups is 1. The first-order valence-electron chi connectivity index (χ1n) is 12.8. The molecule has 0 fully saturated rings. The van der Waals surface area contributed by atoms with Crippen LogP contribution in [0.5, 0.6) is 5.75 Å². The molecule has 210 valence electrons. The summed E-state index contributed by atoms with van der Waals surface area (Å²) in [4.78, 5) is 43.0. The van der Waals surface area contributed by atoms with Crippen LogP contribution in [-0.2, 0) is 25.7 Å². The Balaban J connectivity index is 1.60. The lowest BCUT2D eigenvalue weighted by Gasteiger charge is -2.29. The first kappa shape index (κ1) is 29.3. The molecule has 0 radical (unpaired) electrons. The Morgan fingerprint density at radius 1 is 1.05 bits per heavy atom. The Morgan fingerprint density at radius 2 is 1.77 bits per heavy atom. The second kappa shape index (κ2) is 13.6. The van der Waals surface area contributed by atoms with Gasteiger partial charge in [0.2, 0.25) is 0 Å². The SMILES string of the molecule is CCC(=O)O[C@@H]1C(=O)N(CCN(C)C(=O)OCc2ccccc2)c2ccc(Cl)cc2S[C@@H]1c1ccc(OC)cc1. The number of fused-ring (bicyclic) bond motifs is 1. The summed E-state index contributed by atoms with van der Waals surface area (Å²) in [7, 11) is 3.19. The lowest BCUT2D eigenvalue weighted by Crippen LogP contribution is -2.46. The summed E-state index contributed by atoms with van der Waals surface area (Å²) in [5.74, 6) is -0.201. The molecule has 3 aromatic carbocycles. The van der Waals surface area contributed by atoms with Crippen molar-refractivity contribution in [3.05, 3.63) is 88.9 Å². The molecule has 1 aliphatic rings. The Morgan fingerprint density at radius 3 is 2.45 bits per heavy atom. The number of carbonyl (C=O) groups excluding carboxylic acids is 3. The summed E-state index contributed by atoms with van der Waals surface area (Å²) < 4.78 is 16.5. The van der Waals surface area contributed by atoms with E-state index >= 15 is 0 Å². The van der Waals surface area contributed by atoms with E-state index in [0.29, 0.717) is 16.5 Å². The van der Waals surface area contributed by atoms with Gasteiger partial charge in [0.1, 0.15) is 12.4 Å². The second-order valence-electron chi connectivity index (χ2n) is 9.14. The van der Waals surface area contributed by atoms with E-state index in [0.717, 1.165) is 16.0 Å². The third-order valence-electron chi connectivity index (χ3n) is 6.42. The molecule has 0 saturated heterocycles. The smallest absolute Gasteiger partial charge is 0.409 e. The fraction of sp³-hybridized carbons (Fsp3) is 0.300. The van der Waals surface area contributed by atoms with Crippen LogP contribution in [0.2, 0.25) is 5.02 Å². The van der Waals surface area contributed by atoms with Gasteiger partial charge in [-0.3, -0.25) is 9.59 Å². The van der Waals surface area contributed by atoms with E-state index in [4.69, 9.17) is 25.8 Å². The topological polar surface area (TPSA) is 85.4 Å². The van der Waals surface area contributed by atoms with Crippen molar-refractivity contribution in [3.63, 3.8) is 0 Å². The molecule has 2 amide bonds. The summed E-state index contributed by atoms with van der Waals surface area (Å²) in [6, 6.07) is 22.0. The van der Waals surface area contributed by atoms with Gasteiger partial charge in [0.15, 0.2) is 6.10 Å². The number of halogens is 1. The van der Waals surface area contributed by atoms with Gasteiger partial charge in [-0.05, 0) is 41.5 Å². The Hall–Kier alpha value is -3.69. The van der Waals surface area contributed by atoms with Gasteiger partial charge in [-0.15, -0.1) is 11.8 Å². The average molecular weight is 583 g/mol. The maximum atomic E-state index is 14.1. The molecule has 1 heterocycles. The Kier molecular flexibility index (Phi) is 9.95. The standard InChI is InChI=1S/C30H31ClN2O6S/c1-4-26(34)39-27-28(21-10-13-23(37-3)14-11-21)40-25-18-22(31)12-15-24(25)33(29(27)35)17-16-32(2)30(36)38-19-20-8-6-5-7-9-20/h5-15,18,27-28H,4,16-17,19H2,1-3H3/t27-,28+/m0/s1. The number of hydrogen-bond donors (Lipinski definition) is 0. The number of carbonyl (C=O) groups is 3. The highest BCUT2D eigenvalue weighted by molar-refractivity contribution is 7.99. The van der Waals surface area contributed by atoms with Gasteiger partial charge < -0.3 is 24.0 Å². The molecule has 8 nitrogen and oxygen atoms in total. The predicted octanol–water partition coefficient (Wildman–Crippen LogP) is 6.12. The van der Waals surface area contributed by atoms with Gasteiger partial charge >= 0.3 is 12.1 Å². The van der Waals surface area contributed by atoms with Crippen molar-refractivity contribution in [2.24, 2.45) is 0 Å². The number of anilines is 1. The van der Waals surface area contributed by atoms with E-state index in [-0.39, 0.29) is 32.0 Å². The van der Waals surface area contributed by atoms with Crippen molar-refractivity contribution in [3.8, 4) is 5.75 Å². The molecule has 40 heavy (non-hydrogen) atoms. The van der Waals surface area contributed by atoms with E-state index in [1.165, 1.54) is 16.7 Å². The molecule has 0 unspecified atom stereocenters. The first-order chi connectivity index (χ1) is 19.3. The van der Waals surface area contributed by atoms with E-state index in [1.54, 1.807) is 56.3 Å². The number of likely N-dealkylation sites (N-methyl/N-ethyl adjacent to an activating group) is 1. The minimum Gasteiger partial charge on any atom is -0.497 e. The number of nitrogens with zero attached hydrogens (tertiary/aromatic N) is 2. The van der Waals surface area contributed by atoms with Gasteiger partial charge in [0, 0.05) is 36.5 Å². The maximum Gasteiger partial charge on any atom is 0.409 e. The second-order valence-corrected chi connectivity index (χ2v) is 10.8. The molecule has 0 N–H and O–H groups in total. The molecular weight excluding hydrogens is 552 g/mol. The largest absolute Gasteiger partial charge is 0.497 e. The van der Waals surface area contributed by atoms with E-state index in [2.05, 4.69) is 0 Å². The van der Waals surface area contributed by atoms with Crippen molar-refractivity contribution < 1.29 is 28.6 Å². The Labute approximate surface area is 243 Å². The molecule has 0 aromatic heterocycles. The molecule has 0 saturated carbocycles.